The lowest BCUT2D eigenvalue weighted by Crippen LogP contribution is -2.39. The third-order valence-electron chi connectivity index (χ3n) is 3.45. The fourth-order valence-corrected chi connectivity index (χ4v) is 2.80. The quantitative estimate of drug-likeness (QED) is 0.637. The molecule has 0 bridgehead atoms. The maximum absolute atomic E-state index is 13.7. The highest BCUT2D eigenvalue weighted by molar-refractivity contribution is 9.10. The van der Waals surface area contributed by atoms with Gasteiger partial charge in [-0.25, -0.2) is 8.78 Å². The Morgan fingerprint density at radius 1 is 1.33 bits per heavy atom. The number of nitrogens with one attached hydrogen (secondary N) is 1. The second-order valence-corrected chi connectivity index (χ2v) is 5.73. The molecule has 4 nitrogen and oxygen atoms in total. The molecule has 0 saturated heterocycles. The number of hydrogen-bond acceptors (Lipinski definition) is 3. The van der Waals surface area contributed by atoms with Crippen LogP contribution >= 0.6 is 15.9 Å². The van der Waals surface area contributed by atoms with Gasteiger partial charge in [-0.15, -0.1) is 0 Å². The predicted octanol–water partition coefficient (Wildman–Crippen LogP) is 2.39. The average molecular weight is 359 g/mol. The molecule has 0 saturated carbocycles. The number of aromatic nitrogens is 2. The largest absolute Gasteiger partial charge is 0.271 e. The van der Waals surface area contributed by atoms with Crippen molar-refractivity contribution >= 4 is 15.9 Å². The molecular weight excluding hydrogens is 342 g/mol. The van der Waals surface area contributed by atoms with Crippen molar-refractivity contribution in [1.82, 2.24) is 15.2 Å². The van der Waals surface area contributed by atoms with Gasteiger partial charge in [0.05, 0.1) is 15.9 Å². The minimum absolute atomic E-state index is 0.0375. The fraction of sp³-hybridized carbons (Fsp3) is 0.357. The molecule has 1 heterocycles. The number of hydrogen-bond donors (Lipinski definition) is 2. The predicted molar refractivity (Wildman–Crippen MR) is 80.5 cm³/mol. The lowest BCUT2D eigenvalue weighted by molar-refractivity contribution is 0.474. The molecule has 0 aliphatic carbocycles. The molecular formula is C14H17BrF2N4. The summed E-state index contributed by atoms with van der Waals surface area (Å²) in [6.07, 6.45) is 0.661. The summed E-state index contributed by atoms with van der Waals surface area (Å²) in [5.74, 6) is 4.42. The highest BCUT2D eigenvalue weighted by Gasteiger charge is 2.19. The lowest BCUT2D eigenvalue weighted by atomic mass is 10.0. The molecule has 2 rings (SSSR count). The highest BCUT2D eigenvalue weighted by atomic mass is 79.9. The van der Waals surface area contributed by atoms with Gasteiger partial charge in [0.25, 0.3) is 0 Å². The van der Waals surface area contributed by atoms with Crippen molar-refractivity contribution in [3.63, 3.8) is 0 Å². The van der Waals surface area contributed by atoms with E-state index in [0.717, 1.165) is 15.9 Å². The minimum Gasteiger partial charge on any atom is -0.271 e. The van der Waals surface area contributed by atoms with Crippen LogP contribution in [0.5, 0.6) is 0 Å². The second kappa shape index (κ2) is 6.64. The first-order valence-corrected chi connectivity index (χ1v) is 7.30. The van der Waals surface area contributed by atoms with E-state index in [1.165, 1.54) is 18.2 Å². The topological polar surface area (TPSA) is 55.9 Å². The Labute approximate surface area is 130 Å². The zero-order valence-corrected chi connectivity index (χ0v) is 13.4. The normalized spacial score (nSPS) is 12.7. The van der Waals surface area contributed by atoms with Crippen molar-refractivity contribution in [1.29, 1.82) is 0 Å². The lowest BCUT2D eigenvalue weighted by Gasteiger charge is -2.17. The van der Waals surface area contributed by atoms with Crippen molar-refractivity contribution in [3.8, 4) is 0 Å². The van der Waals surface area contributed by atoms with Crippen molar-refractivity contribution in [2.24, 2.45) is 12.9 Å². The molecule has 1 aromatic carbocycles. The number of benzene rings is 1. The van der Waals surface area contributed by atoms with Crippen LogP contribution in [0.15, 0.2) is 22.7 Å². The number of aryl methyl sites for hydroxylation is 2. The van der Waals surface area contributed by atoms with Gasteiger partial charge in [-0.05, 0) is 41.4 Å². The molecule has 1 aromatic heterocycles. The van der Waals surface area contributed by atoms with Gasteiger partial charge in [-0.2, -0.15) is 5.10 Å². The summed E-state index contributed by atoms with van der Waals surface area (Å²) in [6.45, 7) is 1.88. The van der Waals surface area contributed by atoms with E-state index in [1.807, 2.05) is 14.0 Å². The Morgan fingerprint density at radius 3 is 2.43 bits per heavy atom. The maximum atomic E-state index is 13.7. The van der Waals surface area contributed by atoms with Crippen LogP contribution in [0.2, 0.25) is 0 Å². The van der Waals surface area contributed by atoms with E-state index in [4.69, 9.17) is 5.84 Å². The molecule has 0 amide bonds. The first kappa shape index (κ1) is 16.1. The molecule has 0 aliphatic rings. The standard InChI is InChI=1S/C14H17BrF2N4/c1-8-14(15)13(21(2)20-8)7-9(19-18)6-10-11(16)4-3-5-12(10)17/h3-5,9,19H,6-7,18H2,1-2H3. The summed E-state index contributed by atoms with van der Waals surface area (Å²) in [5, 5.41) is 4.29. The molecule has 3 N–H and O–H groups in total. The van der Waals surface area contributed by atoms with Gasteiger partial charge in [0.1, 0.15) is 11.6 Å². The Bertz CT molecular complexity index is 622. The van der Waals surface area contributed by atoms with E-state index in [-0.39, 0.29) is 18.0 Å². The Kier molecular flexibility index (Phi) is 5.08. The van der Waals surface area contributed by atoms with E-state index in [2.05, 4.69) is 26.5 Å². The Morgan fingerprint density at radius 2 is 1.95 bits per heavy atom. The van der Waals surface area contributed by atoms with Crippen LogP contribution in [0.3, 0.4) is 0 Å². The third-order valence-corrected chi connectivity index (χ3v) is 4.48. The van der Waals surface area contributed by atoms with E-state index in [9.17, 15) is 8.78 Å². The molecule has 0 aliphatic heterocycles. The van der Waals surface area contributed by atoms with Crippen LogP contribution in [0.25, 0.3) is 0 Å². The average Bonchev–Trinajstić information content (AvgIpc) is 2.67. The molecule has 7 heteroatoms. The van der Waals surface area contributed by atoms with E-state index in [0.29, 0.717) is 6.42 Å². The van der Waals surface area contributed by atoms with Crippen LogP contribution in [-0.2, 0) is 19.9 Å². The Hall–Kier alpha value is -1.31. The van der Waals surface area contributed by atoms with Gasteiger partial charge < -0.3 is 0 Å². The molecule has 114 valence electrons. The van der Waals surface area contributed by atoms with Gasteiger partial charge in [0.2, 0.25) is 0 Å². The number of halogens is 3. The van der Waals surface area contributed by atoms with E-state index < -0.39 is 11.6 Å². The third kappa shape index (κ3) is 3.48. The SMILES string of the molecule is Cc1nn(C)c(CC(Cc2c(F)cccc2F)NN)c1Br. The smallest absolute Gasteiger partial charge is 0.129 e. The van der Waals surface area contributed by atoms with Crippen LogP contribution in [0.1, 0.15) is 17.0 Å². The molecule has 1 atom stereocenters. The zero-order chi connectivity index (χ0) is 15.6. The van der Waals surface area contributed by atoms with E-state index in [1.54, 1.807) is 4.68 Å². The first-order chi connectivity index (χ1) is 9.93. The van der Waals surface area contributed by atoms with Crippen LogP contribution in [-0.4, -0.2) is 15.8 Å². The minimum atomic E-state index is -0.560. The monoisotopic (exact) mass is 358 g/mol. The number of hydrazine groups is 1. The maximum Gasteiger partial charge on any atom is 0.129 e. The van der Waals surface area contributed by atoms with Crippen LogP contribution < -0.4 is 11.3 Å². The van der Waals surface area contributed by atoms with Gasteiger partial charge >= 0.3 is 0 Å². The summed E-state index contributed by atoms with van der Waals surface area (Å²) < 4.78 is 30.1. The zero-order valence-electron chi connectivity index (χ0n) is 11.8. The molecule has 21 heavy (non-hydrogen) atoms. The van der Waals surface area contributed by atoms with Crippen LogP contribution in [0, 0.1) is 18.6 Å². The van der Waals surface area contributed by atoms with Gasteiger partial charge in [0, 0.05) is 25.1 Å². The highest BCUT2D eigenvalue weighted by Crippen LogP contribution is 2.23. The van der Waals surface area contributed by atoms with Crippen molar-refractivity contribution in [3.05, 3.63) is 51.3 Å². The van der Waals surface area contributed by atoms with Gasteiger partial charge in [0.15, 0.2) is 0 Å². The number of nitrogens with zero attached hydrogens (tertiary/aromatic N) is 2. The number of nitrogens with two attached hydrogens (primary N) is 1. The summed E-state index contributed by atoms with van der Waals surface area (Å²) >= 11 is 3.47. The first-order valence-electron chi connectivity index (χ1n) is 6.51. The molecule has 2 aromatic rings. The van der Waals surface area contributed by atoms with Crippen molar-refractivity contribution < 1.29 is 8.78 Å². The van der Waals surface area contributed by atoms with Gasteiger partial charge in [-0.3, -0.25) is 16.0 Å². The summed E-state index contributed by atoms with van der Waals surface area (Å²) in [4.78, 5) is 0. The molecule has 0 fully saturated rings. The number of rotatable bonds is 5. The molecule has 1 unspecified atom stereocenters. The second-order valence-electron chi connectivity index (χ2n) is 4.94. The molecule has 0 radical (unpaired) electrons. The summed E-state index contributed by atoms with van der Waals surface area (Å²) in [5.41, 5.74) is 4.44. The van der Waals surface area contributed by atoms with Gasteiger partial charge in [-0.1, -0.05) is 6.07 Å². The summed E-state index contributed by atoms with van der Waals surface area (Å²) in [7, 11) is 1.82. The van der Waals surface area contributed by atoms with E-state index >= 15 is 0 Å². The van der Waals surface area contributed by atoms with Crippen molar-refractivity contribution in [2.45, 2.75) is 25.8 Å². The Balaban J connectivity index is 2.21. The summed E-state index contributed by atoms with van der Waals surface area (Å²) in [6, 6.07) is 3.54. The van der Waals surface area contributed by atoms with Crippen LogP contribution in [0.4, 0.5) is 8.78 Å². The molecule has 0 spiro atoms. The fourth-order valence-electron chi connectivity index (χ4n) is 2.30. The van der Waals surface area contributed by atoms with Crippen molar-refractivity contribution in [2.75, 3.05) is 0 Å².